The number of para-hydroxylation sites is 1. The van der Waals surface area contributed by atoms with Crippen molar-refractivity contribution in [2.75, 3.05) is 0 Å². The van der Waals surface area contributed by atoms with Crippen LogP contribution in [-0.2, 0) is 0 Å². The fourth-order valence-corrected chi connectivity index (χ4v) is 6.36. The van der Waals surface area contributed by atoms with Crippen LogP contribution < -0.4 is 0 Å². The molecule has 0 radical (unpaired) electrons. The molecule has 0 unspecified atom stereocenters. The maximum atomic E-state index is 6.22. The monoisotopic (exact) mass is 601 g/mol. The van der Waals surface area contributed by atoms with E-state index >= 15 is 0 Å². The lowest BCUT2D eigenvalue weighted by Gasteiger charge is -2.11. The summed E-state index contributed by atoms with van der Waals surface area (Å²) in [6.45, 7) is 0. The molecule has 0 saturated heterocycles. The Morgan fingerprint density at radius 3 is 1.79 bits per heavy atom. The summed E-state index contributed by atoms with van der Waals surface area (Å²) >= 11 is 0. The molecule has 0 amide bonds. The molecule has 0 saturated carbocycles. The summed E-state index contributed by atoms with van der Waals surface area (Å²) in [6, 6.07) is 56.4. The van der Waals surface area contributed by atoms with Gasteiger partial charge in [-0.15, -0.1) is 0 Å². The molecular weight excluding hydrogens is 574 g/mol. The summed E-state index contributed by atoms with van der Waals surface area (Å²) in [4.78, 5) is 15.3. The average molecular weight is 602 g/mol. The van der Waals surface area contributed by atoms with Crippen molar-refractivity contribution in [3.8, 4) is 56.4 Å². The van der Waals surface area contributed by atoms with E-state index in [1.807, 2.05) is 36.4 Å². The van der Waals surface area contributed by atoms with E-state index in [1.165, 1.54) is 16.3 Å². The molecule has 0 aliphatic heterocycles. The highest BCUT2D eigenvalue weighted by atomic mass is 16.3. The molecule has 2 heterocycles. The van der Waals surface area contributed by atoms with E-state index < -0.39 is 0 Å². The van der Waals surface area contributed by atoms with Crippen LogP contribution in [-0.4, -0.2) is 15.0 Å². The van der Waals surface area contributed by atoms with Crippen molar-refractivity contribution in [3.05, 3.63) is 164 Å². The molecule has 0 spiro atoms. The standard InChI is InChI=1S/C43H27N3O/c1-2-10-28(11-3-1)30-20-23-31(24-21-30)41-44-42(35-15-8-14-33(27-35)34-25-22-29-12-4-5-13-32(29)26-34)46-43(45-41)37-17-9-19-39-40(37)36-16-6-7-18-38(36)47-39/h1-27H. The first kappa shape index (κ1) is 27.0. The molecule has 220 valence electrons. The molecule has 4 heteroatoms. The summed E-state index contributed by atoms with van der Waals surface area (Å²) in [6.07, 6.45) is 0. The van der Waals surface area contributed by atoms with E-state index in [0.717, 1.165) is 55.3 Å². The zero-order chi connectivity index (χ0) is 31.2. The van der Waals surface area contributed by atoms with Gasteiger partial charge in [-0.1, -0.05) is 140 Å². The second-order valence-electron chi connectivity index (χ2n) is 11.7. The van der Waals surface area contributed by atoms with Crippen molar-refractivity contribution in [1.29, 1.82) is 0 Å². The van der Waals surface area contributed by atoms with E-state index in [2.05, 4.69) is 127 Å². The summed E-state index contributed by atoms with van der Waals surface area (Å²) in [5.74, 6) is 1.83. The minimum atomic E-state index is 0.602. The lowest BCUT2D eigenvalue weighted by atomic mass is 9.99. The van der Waals surface area contributed by atoms with Crippen LogP contribution >= 0.6 is 0 Å². The normalized spacial score (nSPS) is 11.4. The van der Waals surface area contributed by atoms with E-state index in [1.54, 1.807) is 0 Å². The Kier molecular flexibility index (Phi) is 6.43. The lowest BCUT2D eigenvalue weighted by Crippen LogP contribution is -2.00. The minimum absolute atomic E-state index is 0.602. The summed E-state index contributed by atoms with van der Waals surface area (Å²) < 4.78 is 6.22. The molecule has 0 aliphatic rings. The van der Waals surface area contributed by atoms with Gasteiger partial charge >= 0.3 is 0 Å². The summed E-state index contributed by atoms with van der Waals surface area (Å²) in [7, 11) is 0. The first-order valence-electron chi connectivity index (χ1n) is 15.7. The van der Waals surface area contributed by atoms with Crippen molar-refractivity contribution >= 4 is 32.7 Å². The van der Waals surface area contributed by atoms with Gasteiger partial charge in [0.2, 0.25) is 0 Å². The highest BCUT2D eigenvalue weighted by molar-refractivity contribution is 6.11. The van der Waals surface area contributed by atoms with Gasteiger partial charge < -0.3 is 4.42 Å². The fourth-order valence-electron chi connectivity index (χ4n) is 6.36. The highest BCUT2D eigenvalue weighted by Crippen LogP contribution is 2.37. The Morgan fingerprint density at radius 1 is 0.340 bits per heavy atom. The van der Waals surface area contributed by atoms with Crippen LogP contribution in [0.4, 0.5) is 0 Å². The number of fused-ring (bicyclic) bond motifs is 4. The highest BCUT2D eigenvalue weighted by Gasteiger charge is 2.18. The van der Waals surface area contributed by atoms with Crippen molar-refractivity contribution in [1.82, 2.24) is 15.0 Å². The van der Waals surface area contributed by atoms with Crippen molar-refractivity contribution in [2.45, 2.75) is 0 Å². The summed E-state index contributed by atoms with van der Waals surface area (Å²) in [5.41, 5.74) is 8.95. The van der Waals surface area contributed by atoms with E-state index in [4.69, 9.17) is 19.4 Å². The van der Waals surface area contributed by atoms with Crippen LogP contribution in [0.5, 0.6) is 0 Å². The van der Waals surface area contributed by atoms with Gasteiger partial charge in [0.05, 0.1) is 0 Å². The second-order valence-corrected chi connectivity index (χ2v) is 11.7. The van der Waals surface area contributed by atoms with Gasteiger partial charge in [-0.2, -0.15) is 0 Å². The molecule has 47 heavy (non-hydrogen) atoms. The zero-order valence-electron chi connectivity index (χ0n) is 25.3. The second kappa shape index (κ2) is 11.2. The minimum Gasteiger partial charge on any atom is -0.456 e. The number of benzene rings is 7. The number of furan rings is 1. The predicted molar refractivity (Wildman–Crippen MR) is 192 cm³/mol. The molecular formula is C43H27N3O. The van der Waals surface area contributed by atoms with Gasteiger partial charge in [0, 0.05) is 27.5 Å². The Bertz CT molecular complexity index is 2570. The van der Waals surface area contributed by atoms with Crippen LogP contribution in [0.15, 0.2) is 168 Å². The molecule has 2 aromatic heterocycles. The fraction of sp³-hybridized carbons (Fsp3) is 0. The van der Waals surface area contributed by atoms with Gasteiger partial charge in [-0.25, -0.2) is 15.0 Å². The molecule has 9 aromatic rings. The largest absolute Gasteiger partial charge is 0.456 e. The third-order valence-corrected chi connectivity index (χ3v) is 8.73. The quantitative estimate of drug-likeness (QED) is 0.197. The van der Waals surface area contributed by atoms with E-state index in [0.29, 0.717) is 17.5 Å². The maximum absolute atomic E-state index is 6.22. The first-order valence-corrected chi connectivity index (χ1v) is 15.7. The van der Waals surface area contributed by atoms with E-state index in [9.17, 15) is 0 Å². The molecule has 9 rings (SSSR count). The Morgan fingerprint density at radius 2 is 0.915 bits per heavy atom. The summed E-state index contributed by atoms with van der Waals surface area (Å²) in [5, 5.41) is 4.46. The lowest BCUT2D eigenvalue weighted by molar-refractivity contribution is 0.669. The molecule has 0 fully saturated rings. The Balaban J connectivity index is 1.22. The molecule has 0 atom stereocenters. The van der Waals surface area contributed by atoms with Gasteiger partial charge in [-0.3, -0.25) is 0 Å². The number of hydrogen-bond donors (Lipinski definition) is 0. The maximum Gasteiger partial charge on any atom is 0.164 e. The number of hydrogen-bond acceptors (Lipinski definition) is 4. The molecule has 0 aliphatic carbocycles. The number of nitrogens with zero attached hydrogens (tertiary/aromatic N) is 3. The third-order valence-electron chi connectivity index (χ3n) is 8.73. The molecule has 7 aromatic carbocycles. The van der Waals surface area contributed by atoms with Gasteiger partial charge in [-0.05, 0) is 57.3 Å². The predicted octanol–water partition coefficient (Wildman–Crippen LogP) is 11.3. The van der Waals surface area contributed by atoms with Crippen LogP contribution in [0.1, 0.15) is 0 Å². The van der Waals surface area contributed by atoms with Gasteiger partial charge in [0.1, 0.15) is 11.2 Å². The number of rotatable bonds is 5. The van der Waals surface area contributed by atoms with Crippen LogP contribution in [0, 0.1) is 0 Å². The van der Waals surface area contributed by atoms with Crippen molar-refractivity contribution in [3.63, 3.8) is 0 Å². The van der Waals surface area contributed by atoms with Crippen LogP contribution in [0.2, 0.25) is 0 Å². The van der Waals surface area contributed by atoms with Crippen LogP contribution in [0.25, 0.3) is 89.1 Å². The van der Waals surface area contributed by atoms with E-state index in [-0.39, 0.29) is 0 Å². The first-order chi connectivity index (χ1) is 23.3. The van der Waals surface area contributed by atoms with Gasteiger partial charge in [0.15, 0.2) is 17.5 Å². The Hall–Kier alpha value is -6.39. The average Bonchev–Trinajstić information content (AvgIpc) is 3.54. The Labute approximate surface area is 271 Å². The number of aromatic nitrogens is 3. The SMILES string of the molecule is c1ccc(-c2ccc(-c3nc(-c4cccc(-c5ccc6ccccc6c5)c4)nc(-c4cccc5oc6ccccc6c45)n3)cc2)cc1. The zero-order valence-corrected chi connectivity index (χ0v) is 25.3. The molecule has 4 nitrogen and oxygen atoms in total. The molecule has 0 bridgehead atoms. The molecule has 0 N–H and O–H groups in total. The third kappa shape index (κ3) is 4.93. The van der Waals surface area contributed by atoms with Crippen LogP contribution in [0.3, 0.4) is 0 Å². The van der Waals surface area contributed by atoms with Gasteiger partial charge in [0.25, 0.3) is 0 Å². The topological polar surface area (TPSA) is 51.8 Å². The van der Waals surface area contributed by atoms with Crippen molar-refractivity contribution < 1.29 is 4.42 Å². The van der Waals surface area contributed by atoms with Crippen molar-refractivity contribution in [2.24, 2.45) is 0 Å². The smallest absolute Gasteiger partial charge is 0.164 e.